The molecular weight excluding hydrogens is 183 g/mol. The first-order valence-corrected chi connectivity index (χ1v) is 4.41. The summed E-state index contributed by atoms with van der Waals surface area (Å²) in [6.45, 7) is 3.43. The Morgan fingerprint density at radius 3 is 2.86 bits per heavy atom. The molecule has 1 N–H and O–H groups in total. The zero-order chi connectivity index (χ0) is 10.3. The third-order valence-electron chi connectivity index (χ3n) is 2.12. The molecule has 2 rings (SSSR count). The number of rotatable bonds is 1. The SMILES string of the molecule is Cc1cn2cc(F)cc(C(C)O)c2n1. The van der Waals surface area contributed by atoms with Crippen LogP contribution in [0.2, 0.25) is 0 Å². The van der Waals surface area contributed by atoms with Gasteiger partial charge in [0, 0.05) is 18.0 Å². The van der Waals surface area contributed by atoms with Crippen LogP contribution in [0, 0.1) is 12.7 Å². The highest BCUT2D eigenvalue weighted by atomic mass is 19.1. The molecule has 74 valence electrons. The maximum Gasteiger partial charge on any atom is 0.143 e. The van der Waals surface area contributed by atoms with Gasteiger partial charge in [0.25, 0.3) is 0 Å². The third kappa shape index (κ3) is 1.37. The minimum atomic E-state index is -0.713. The third-order valence-corrected chi connectivity index (χ3v) is 2.12. The van der Waals surface area contributed by atoms with Crippen LogP contribution in [0.15, 0.2) is 18.5 Å². The summed E-state index contributed by atoms with van der Waals surface area (Å²) >= 11 is 0. The molecule has 2 aromatic rings. The van der Waals surface area contributed by atoms with Crippen LogP contribution in [-0.2, 0) is 0 Å². The average molecular weight is 194 g/mol. The van der Waals surface area contributed by atoms with Gasteiger partial charge in [0.2, 0.25) is 0 Å². The van der Waals surface area contributed by atoms with E-state index in [4.69, 9.17) is 0 Å². The molecule has 0 spiro atoms. The van der Waals surface area contributed by atoms with Gasteiger partial charge in [-0.2, -0.15) is 0 Å². The molecule has 1 atom stereocenters. The van der Waals surface area contributed by atoms with Gasteiger partial charge in [-0.15, -0.1) is 0 Å². The Kier molecular flexibility index (Phi) is 2.00. The van der Waals surface area contributed by atoms with Crippen molar-refractivity contribution >= 4 is 5.65 Å². The molecule has 0 aliphatic heterocycles. The largest absolute Gasteiger partial charge is 0.389 e. The van der Waals surface area contributed by atoms with E-state index < -0.39 is 6.10 Å². The van der Waals surface area contributed by atoms with E-state index in [1.807, 2.05) is 6.92 Å². The van der Waals surface area contributed by atoms with Crippen LogP contribution in [0.4, 0.5) is 4.39 Å². The molecular formula is C10H11FN2O. The highest BCUT2D eigenvalue weighted by Crippen LogP contribution is 2.19. The Morgan fingerprint density at radius 1 is 1.50 bits per heavy atom. The van der Waals surface area contributed by atoms with Crippen molar-refractivity contribution in [1.29, 1.82) is 0 Å². The molecule has 0 fully saturated rings. The number of imidazole rings is 1. The second-order valence-corrected chi connectivity index (χ2v) is 3.40. The summed E-state index contributed by atoms with van der Waals surface area (Å²) in [7, 11) is 0. The molecule has 2 aromatic heterocycles. The normalized spacial score (nSPS) is 13.4. The second-order valence-electron chi connectivity index (χ2n) is 3.40. The Bertz CT molecular complexity index is 476. The lowest BCUT2D eigenvalue weighted by Crippen LogP contribution is -1.98. The molecule has 0 saturated heterocycles. The van der Waals surface area contributed by atoms with Crippen molar-refractivity contribution in [1.82, 2.24) is 9.38 Å². The van der Waals surface area contributed by atoms with E-state index >= 15 is 0 Å². The summed E-state index contributed by atoms with van der Waals surface area (Å²) in [5.74, 6) is -0.370. The lowest BCUT2D eigenvalue weighted by Gasteiger charge is -2.06. The minimum absolute atomic E-state index is 0.370. The van der Waals surface area contributed by atoms with Gasteiger partial charge >= 0.3 is 0 Å². The number of halogens is 1. The van der Waals surface area contributed by atoms with Crippen molar-refractivity contribution < 1.29 is 9.50 Å². The summed E-state index contributed by atoms with van der Waals surface area (Å²) in [6.07, 6.45) is 2.36. The number of hydrogen-bond acceptors (Lipinski definition) is 2. The molecule has 0 saturated carbocycles. The van der Waals surface area contributed by atoms with Crippen molar-refractivity contribution in [2.75, 3.05) is 0 Å². The summed E-state index contributed by atoms with van der Waals surface area (Å²) in [5.41, 5.74) is 1.93. The zero-order valence-electron chi connectivity index (χ0n) is 8.03. The standard InChI is InChI=1S/C10H11FN2O/c1-6-4-13-5-8(11)3-9(7(2)14)10(13)12-6/h3-5,7,14H,1-2H3. The topological polar surface area (TPSA) is 37.5 Å². The second kappa shape index (κ2) is 3.06. The molecule has 2 heterocycles. The maximum absolute atomic E-state index is 13.1. The Morgan fingerprint density at radius 2 is 2.21 bits per heavy atom. The predicted molar refractivity (Wildman–Crippen MR) is 50.5 cm³/mol. The quantitative estimate of drug-likeness (QED) is 0.752. The molecule has 0 aliphatic rings. The molecule has 0 aromatic carbocycles. The zero-order valence-corrected chi connectivity index (χ0v) is 8.03. The molecule has 0 radical (unpaired) electrons. The lowest BCUT2D eigenvalue weighted by molar-refractivity contribution is 0.199. The predicted octanol–water partition coefficient (Wildman–Crippen LogP) is 1.84. The fourth-order valence-electron chi connectivity index (χ4n) is 1.52. The van der Waals surface area contributed by atoms with Crippen molar-refractivity contribution in [3.63, 3.8) is 0 Å². The number of fused-ring (bicyclic) bond motifs is 1. The van der Waals surface area contributed by atoms with Gasteiger partial charge in [-0.3, -0.25) is 0 Å². The molecule has 0 aliphatic carbocycles. The van der Waals surface area contributed by atoms with Crippen molar-refractivity contribution in [3.8, 4) is 0 Å². The number of nitrogens with zero attached hydrogens (tertiary/aromatic N) is 2. The van der Waals surface area contributed by atoms with Gasteiger partial charge in [0.1, 0.15) is 11.5 Å². The fraction of sp³-hybridized carbons (Fsp3) is 0.300. The van der Waals surface area contributed by atoms with E-state index in [1.165, 1.54) is 12.3 Å². The number of aliphatic hydroxyl groups excluding tert-OH is 1. The van der Waals surface area contributed by atoms with Crippen LogP contribution < -0.4 is 0 Å². The van der Waals surface area contributed by atoms with Crippen molar-refractivity contribution in [2.45, 2.75) is 20.0 Å². The van der Waals surface area contributed by atoms with Crippen LogP contribution in [0.1, 0.15) is 24.3 Å². The summed E-state index contributed by atoms with van der Waals surface area (Å²) in [4.78, 5) is 4.21. The van der Waals surface area contributed by atoms with E-state index in [-0.39, 0.29) is 5.82 Å². The summed E-state index contributed by atoms with van der Waals surface area (Å²) in [5, 5.41) is 9.44. The molecule has 14 heavy (non-hydrogen) atoms. The van der Waals surface area contributed by atoms with E-state index in [0.29, 0.717) is 11.2 Å². The number of pyridine rings is 1. The molecule has 0 bridgehead atoms. The smallest absolute Gasteiger partial charge is 0.143 e. The van der Waals surface area contributed by atoms with Crippen molar-refractivity contribution in [2.24, 2.45) is 0 Å². The molecule has 0 amide bonds. The number of aryl methyl sites for hydroxylation is 1. The Balaban J connectivity index is 2.79. The van der Waals surface area contributed by atoms with Gasteiger partial charge in [-0.05, 0) is 19.9 Å². The first-order chi connectivity index (χ1) is 6.58. The van der Waals surface area contributed by atoms with E-state index in [2.05, 4.69) is 4.98 Å². The Labute approximate surface area is 80.8 Å². The van der Waals surface area contributed by atoms with Crippen LogP contribution in [-0.4, -0.2) is 14.5 Å². The lowest BCUT2D eigenvalue weighted by atomic mass is 10.2. The average Bonchev–Trinajstić information content (AvgIpc) is 2.42. The number of aromatic nitrogens is 2. The molecule has 3 nitrogen and oxygen atoms in total. The fourth-order valence-corrected chi connectivity index (χ4v) is 1.52. The first kappa shape index (κ1) is 9.15. The molecule has 1 unspecified atom stereocenters. The van der Waals surface area contributed by atoms with Gasteiger partial charge in [-0.25, -0.2) is 9.37 Å². The van der Waals surface area contributed by atoms with Crippen molar-refractivity contribution in [3.05, 3.63) is 35.5 Å². The van der Waals surface area contributed by atoms with E-state index in [1.54, 1.807) is 17.5 Å². The maximum atomic E-state index is 13.1. The van der Waals surface area contributed by atoms with Gasteiger partial charge in [0.15, 0.2) is 0 Å². The van der Waals surface area contributed by atoms with E-state index in [9.17, 15) is 9.50 Å². The first-order valence-electron chi connectivity index (χ1n) is 4.41. The summed E-state index contributed by atoms with van der Waals surface area (Å²) < 4.78 is 14.7. The number of aliphatic hydroxyl groups is 1. The van der Waals surface area contributed by atoms with Crippen LogP contribution in [0.25, 0.3) is 5.65 Å². The Hall–Kier alpha value is -1.42. The molecule has 4 heteroatoms. The van der Waals surface area contributed by atoms with Gasteiger partial charge in [-0.1, -0.05) is 0 Å². The van der Waals surface area contributed by atoms with E-state index in [0.717, 1.165) is 5.69 Å². The minimum Gasteiger partial charge on any atom is -0.389 e. The number of hydrogen-bond donors (Lipinski definition) is 1. The monoisotopic (exact) mass is 194 g/mol. The van der Waals surface area contributed by atoms with Crippen LogP contribution >= 0.6 is 0 Å². The summed E-state index contributed by atoms with van der Waals surface area (Å²) in [6, 6.07) is 1.31. The highest BCUT2D eigenvalue weighted by molar-refractivity contribution is 5.50. The highest BCUT2D eigenvalue weighted by Gasteiger charge is 2.10. The van der Waals surface area contributed by atoms with Gasteiger partial charge < -0.3 is 9.51 Å². The van der Waals surface area contributed by atoms with Gasteiger partial charge in [0.05, 0.1) is 11.8 Å². The van der Waals surface area contributed by atoms with Crippen LogP contribution in [0.5, 0.6) is 0 Å². The van der Waals surface area contributed by atoms with Crippen LogP contribution in [0.3, 0.4) is 0 Å².